The second-order valence-corrected chi connectivity index (χ2v) is 6.68. The van der Waals surface area contributed by atoms with Crippen molar-refractivity contribution in [3.63, 3.8) is 0 Å². The first kappa shape index (κ1) is 14.0. The van der Waals surface area contributed by atoms with Gasteiger partial charge < -0.3 is 5.11 Å². The topological polar surface area (TPSA) is 23.5 Å². The Labute approximate surface area is 119 Å². The summed E-state index contributed by atoms with van der Waals surface area (Å²) in [4.78, 5) is 2.34. The van der Waals surface area contributed by atoms with Crippen molar-refractivity contribution in [1.82, 2.24) is 4.90 Å². The second kappa shape index (κ2) is 5.28. The molecule has 0 aliphatic carbocycles. The zero-order valence-electron chi connectivity index (χ0n) is 10.8. The van der Waals surface area contributed by atoms with Gasteiger partial charge in [0.15, 0.2) is 0 Å². The summed E-state index contributed by atoms with van der Waals surface area (Å²) in [6.07, 6.45) is 2.37. The van der Waals surface area contributed by atoms with E-state index in [1.54, 1.807) is 12.1 Å². The summed E-state index contributed by atoms with van der Waals surface area (Å²) in [6, 6.07) is 3.36. The molecule has 0 unspecified atom stereocenters. The Bertz CT molecular complexity index is 436. The van der Waals surface area contributed by atoms with Crippen molar-refractivity contribution < 1.29 is 5.11 Å². The number of nitrogens with zero attached hydrogens (tertiary/aromatic N) is 1. The normalized spacial score (nSPS) is 20.0. The number of hydrogen-bond donors (Lipinski definition) is 1. The molecule has 1 aliphatic rings. The number of likely N-dealkylation sites (tertiary alicyclic amines) is 1. The smallest absolute Gasteiger partial charge is 0.138 e. The van der Waals surface area contributed by atoms with Crippen molar-refractivity contribution in [2.24, 2.45) is 5.41 Å². The maximum Gasteiger partial charge on any atom is 0.138 e. The first-order valence-corrected chi connectivity index (χ1v) is 7.02. The van der Waals surface area contributed by atoms with E-state index in [4.69, 9.17) is 23.2 Å². The summed E-state index contributed by atoms with van der Waals surface area (Å²) >= 11 is 11.9. The van der Waals surface area contributed by atoms with E-state index in [0.29, 0.717) is 22.0 Å². The van der Waals surface area contributed by atoms with Gasteiger partial charge in [-0.2, -0.15) is 0 Å². The van der Waals surface area contributed by atoms with Gasteiger partial charge in [-0.25, -0.2) is 0 Å². The molecule has 0 aromatic heterocycles. The van der Waals surface area contributed by atoms with Crippen LogP contribution in [0.4, 0.5) is 0 Å². The fraction of sp³-hybridized carbons (Fsp3) is 0.571. The van der Waals surface area contributed by atoms with Crippen LogP contribution in [0.5, 0.6) is 5.75 Å². The molecule has 1 aromatic carbocycles. The second-order valence-electron chi connectivity index (χ2n) is 5.84. The van der Waals surface area contributed by atoms with Crippen LogP contribution in [0.2, 0.25) is 10.0 Å². The molecule has 1 saturated heterocycles. The molecule has 1 fully saturated rings. The van der Waals surface area contributed by atoms with E-state index in [9.17, 15) is 5.11 Å². The molecule has 2 rings (SSSR count). The number of halogens is 2. The Balaban J connectivity index is 2.07. The van der Waals surface area contributed by atoms with Crippen LogP contribution in [-0.2, 0) is 6.54 Å². The minimum absolute atomic E-state index is 0.158. The predicted octanol–water partition coefficient (Wildman–Crippen LogP) is 4.32. The van der Waals surface area contributed by atoms with Gasteiger partial charge in [0.25, 0.3) is 0 Å². The average molecular weight is 288 g/mol. The number of aromatic hydroxyl groups is 1. The lowest BCUT2D eigenvalue weighted by atomic mass is 9.82. The van der Waals surface area contributed by atoms with Crippen molar-refractivity contribution in [2.75, 3.05) is 13.1 Å². The zero-order chi connectivity index (χ0) is 13.3. The molecule has 0 bridgehead atoms. The highest BCUT2D eigenvalue weighted by atomic mass is 35.5. The molecule has 0 amide bonds. The molecule has 0 saturated carbocycles. The zero-order valence-corrected chi connectivity index (χ0v) is 12.4. The first-order chi connectivity index (χ1) is 8.37. The molecule has 0 atom stereocenters. The highest BCUT2D eigenvalue weighted by Gasteiger charge is 2.25. The van der Waals surface area contributed by atoms with Crippen LogP contribution in [0.25, 0.3) is 0 Å². The Morgan fingerprint density at radius 2 is 1.83 bits per heavy atom. The highest BCUT2D eigenvalue weighted by molar-refractivity contribution is 6.35. The molecule has 100 valence electrons. The summed E-state index contributed by atoms with van der Waals surface area (Å²) in [5.41, 5.74) is 1.25. The summed E-state index contributed by atoms with van der Waals surface area (Å²) in [7, 11) is 0. The van der Waals surface area contributed by atoms with Crippen molar-refractivity contribution in [3.8, 4) is 5.75 Å². The third-order valence-electron chi connectivity index (χ3n) is 3.71. The summed E-state index contributed by atoms with van der Waals surface area (Å²) in [5.74, 6) is 0.158. The van der Waals surface area contributed by atoms with Crippen LogP contribution in [-0.4, -0.2) is 23.1 Å². The fourth-order valence-corrected chi connectivity index (χ4v) is 2.83. The Hall–Kier alpha value is -0.440. The monoisotopic (exact) mass is 287 g/mol. The van der Waals surface area contributed by atoms with Crippen LogP contribution in [0, 0.1) is 5.41 Å². The van der Waals surface area contributed by atoms with Crippen molar-refractivity contribution in [2.45, 2.75) is 33.2 Å². The summed E-state index contributed by atoms with van der Waals surface area (Å²) in [6.45, 7) is 7.42. The van der Waals surface area contributed by atoms with E-state index in [1.807, 2.05) is 0 Å². The van der Waals surface area contributed by atoms with Gasteiger partial charge in [0, 0.05) is 17.1 Å². The lowest BCUT2D eigenvalue weighted by Crippen LogP contribution is -2.36. The van der Waals surface area contributed by atoms with Gasteiger partial charge in [0.2, 0.25) is 0 Å². The minimum atomic E-state index is 0.158. The molecule has 18 heavy (non-hydrogen) atoms. The maximum atomic E-state index is 9.94. The van der Waals surface area contributed by atoms with Crippen LogP contribution in [0.3, 0.4) is 0 Å². The standard InChI is InChI=1S/C14H19Cl2NO/c1-14(2)3-5-17(6-4-14)9-10-7-11(15)8-12(16)13(10)18/h7-8,18H,3-6,9H2,1-2H3. The number of phenolic OH excluding ortho intramolecular Hbond substituents is 1. The summed E-state index contributed by atoms with van der Waals surface area (Å²) < 4.78 is 0. The van der Waals surface area contributed by atoms with E-state index in [0.717, 1.165) is 18.7 Å². The van der Waals surface area contributed by atoms with E-state index < -0.39 is 0 Å². The molecular formula is C14H19Cl2NO. The third-order valence-corrected chi connectivity index (χ3v) is 4.22. The van der Waals surface area contributed by atoms with Gasteiger partial charge in [0.05, 0.1) is 5.02 Å². The summed E-state index contributed by atoms with van der Waals surface area (Å²) in [5, 5.41) is 10.8. The molecule has 0 spiro atoms. The Morgan fingerprint density at radius 1 is 1.22 bits per heavy atom. The average Bonchev–Trinajstić information content (AvgIpc) is 2.28. The van der Waals surface area contributed by atoms with E-state index in [1.165, 1.54) is 12.8 Å². The van der Waals surface area contributed by atoms with Crippen LogP contribution in [0.15, 0.2) is 12.1 Å². The number of hydrogen-bond acceptors (Lipinski definition) is 2. The predicted molar refractivity (Wildman–Crippen MR) is 76.4 cm³/mol. The fourth-order valence-electron chi connectivity index (χ4n) is 2.30. The molecule has 1 heterocycles. The SMILES string of the molecule is CC1(C)CCN(Cc2cc(Cl)cc(Cl)c2O)CC1. The number of piperidine rings is 1. The molecule has 2 nitrogen and oxygen atoms in total. The van der Waals surface area contributed by atoms with Gasteiger partial charge in [-0.05, 0) is 43.5 Å². The Morgan fingerprint density at radius 3 is 2.44 bits per heavy atom. The molecule has 4 heteroatoms. The highest BCUT2D eigenvalue weighted by Crippen LogP contribution is 2.34. The quantitative estimate of drug-likeness (QED) is 0.876. The van der Waals surface area contributed by atoms with Gasteiger partial charge in [0.1, 0.15) is 5.75 Å². The van der Waals surface area contributed by atoms with Crippen LogP contribution in [0.1, 0.15) is 32.3 Å². The van der Waals surface area contributed by atoms with E-state index in [2.05, 4.69) is 18.7 Å². The van der Waals surface area contributed by atoms with Crippen molar-refractivity contribution in [3.05, 3.63) is 27.7 Å². The minimum Gasteiger partial charge on any atom is -0.506 e. The lowest BCUT2D eigenvalue weighted by Gasteiger charge is -2.37. The van der Waals surface area contributed by atoms with Crippen molar-refractivity contribution in [1.29, 1.82) is 0 Å². The van der Waals surface area contributed by atoms with E-state index >= 15 is 0 Å². The number of benzene rings is 1. The van der Waals surface area contributed by atoms with Crippen LogP contribution < -0.4 is 0 Å². The molecule has 1 aromatic rings. The lowest BCUT2D eigenvalue weighted by molar-refractivity contribution is 0.126. The van der Waals surface area contributed by atoms with Gasteiger partial charge >= 0.3 is 0 Å². The van der Waals surface area contributed by atoms with Gasteiger partial charge in [-0.1, -0.05) is 37.0 Å². The molecular weight excluding hydrogens is 269 g/mol. The largest absolute Gasteiger partial charge is 0.506 e. The van der Waals surface area contributed by atoms with Crippen LogP contribution >= 0.6 is 23.2 Å². The van der Waals surface area contributed by atoms with Gasteiger partial charge in [-0.3, -0.25) is 4.90 Å². The van der Waals surface area contributed by atoms with Crippen molar-refractivity contribution >= 4 is 23.2 Å². The Kier molecular flexibility index (Phi) is 4.10. The maximum absolute atomic E-state index is 9.94. The molecule has 0 radical (unpaired) electrons. The molecule has 1 aliphatic heterocycles. The van der Waals surface area contributed by atoms with E-state index in [-0.39, 0.29) is 5.75 Å². The third kappa shape index (κ3) is 3.31. The number of rotatable bonds is 2. The number of phenols is 1. The van der Waals surface area contributed by atoms with Gasteiger partial charge in [-0.15, -0.1) is 0 Å². The molecule has 1 N–H and O–H groups in total. The first-order valence-electron chi connectivity index (χ1n) is 6.27.